The van der Waals surface area contributed by atoms with E-state index < -0.39 is 17.6 Å². The number of carbonyl (C=O) groups is 1. The third-order valence-corrected chi connectivity index (χ3v) is 3.02. The van der Waals surface area contributed by atoms with Crippen molar-refractivity contribution in [2.24, 2.45) is 4.99 Å². The van der Waals surface area contributed by atoms with Crippen molar-refractivity contribution in [1.82, 2.24) is 5.32 Å². The predicted molar refractivity (Wildman–Crippen MR) is 75.4 cm³/mol. The van der Waals surface area contributed by atoms with Gasteiger partial charge < -0.3 is 15.0 Å². The molecule has 0 amide bonds. The standard InChI is InChI=1S/C14H17F2N3O2/c1-2-21-14(20)8-18-9-19-4-3-17-7-10-5-11(15)12(16)6-13(10)19/h5-6,9,17H,2-4,7-8H2,1H3. The average Bonchev–Trinajstić information content (AvgIpc) is 2.63. The number of anilines is 1. The normalized spacial score (nSPS) is 14.9. The maximum absolute atomic E-state index is 13.4. The highest BCUT2D eigenvalue weighted by molar-refractivity contribution is 5.83. The summed E-state index contributed by atoms with van der Waals surface area (Å²) in [7, 11) is 0. The van der Waals surface area contributed by atoms with Gasteiger partial charge in [0.2, 0.25) is 0 Å². The number of halogens is 2. The van der Waals surface area contributed by atoms with Crippen molar-refractivity contribution < 1.29 is 18.3 Å². The van der Waals surface area contributed by atoms with Gasteiger partial charge in [0, 0.05) is 31.4 Å². The molecule has 1 aromatic carbocycles. The SMILES string of the molecule is CCOC(=O)CN=CN1CCNCc2cc(F)c(F)cc21. The molecule has 1 aliphatic rings. The van der Waals surface area contributed by atoms with Crippen LogP contribution in [0.4, 0.5) is 14.5 Å². The summed E-state index contributed by atoms with van der Waals surface area (Å²) in [4.78, 5) is 16.9. The largest absolute Gasteiger partial charge is 0.465 e. The highest BCUT2D eigenvalue weighted by Gasteiger charge is 2.17. The van der Waals surface area contributed by atoms with Gasteiger partial charge in [0.25, 0.3) is 0 Å². The Kier molecular flexibility index (Phi) is 5.21. The van der Waals surface area contributed by atoms with Crippen LogP contribution < -0.4 is 10.2 Å². The van der Waals surface area contributed by atoms with Crippen molar-refractivity contribution in [1.29, 1.82) is 0 Å². The number of esters is 1. The van der Waals surface area contributed by atoms with E-state index in [1.54, 1.807) is 11.8 Å². The number of nitrogens with one attached hydrogen (secondary N) is 1. The number of rotatable bonds is 4. The van der Waals surface area contributed by atoms with Gasteiger partial charge in [0.1, 0.15) is 6.54 Å². The quantitative estimate of drug-likeness (QED) is 0.519. The molecule has 0 aliphatic carbocycles. The van der Waals surface area contributed by atoms with Gasteiger partial charge in [-0.2, -0.15) is 0 Å². The molecule has 0 spiro atoms. The second-order valence-corrected chi connectivity index (χ2v) is 4.53. The first-order valence-electron chi connectivity index (χ1n) is 6.72. The van der Waals surface area contributed by atoms with Crippen LogP contribution in [0.5, 0.6) is 0 Å². The molecule has 2 rings (SSSR count). The molecule has 0 unspecified atom stereocenters. The molecule has 5 nitrogen and oxygen atoms in total. The van der Waals surface area contributed by atoms with E-state index in [9.17, 15) is 13.6 Å². The number of nitrogens with zero attached hydrogens (tertiary/aromatic N) is 2. The molecule has 0 atom stereocenters. The van der Waals surface area contributed by atoms with E-state index in [0.29, 0.717) is 37.5 Å². The van der Waals surface area contributed by atoms with Gasteiger partial charge >= 0.3 is 5.97 Å². The lowest BCUT2D eigenvalue weighted by molar-refractivity contribution is -0.141. The average molecular weight is 297 g/mol. The van der Waals surface area contributed by atoms with Crippen LogP contribution in [0.2, 0.25) is 0 Å². The zero-order valence-electron chi connectivity index (χ0n) is 11.7. The fourth-order valence-corrected chi connectivity index (χ4v) is 2.07. The highest BCUT2D eigenvalue weighted by Crippen LogP contribution is 2.24. The van der Waals surface area contributed by atoms with E-state index in [-0.39, 0.29) is 6.54 Å². The van der Waals surface area contributed by atoms with Crippen molar-refractivity contribution in [2.45, 2.75) is 13.5 Å². The molecule has 7 heteroatoms. The summed E-state index contributed by atoms with van der Waals surface area (Å²) in [6, 6.07) is 2.32. The van der Waals surface area contributed by atoms with Gasteiger partial charge in [-0.25, -0.2) is 8.78 Å². The monoisotopic (exact) mass is 297 g/mol. The molecule has 21 heavy (non-hydrogen) atoms. The first-order chi connectivity index (χ1) is 10.1. The fraction of sp³-hybridized carbons (Fsp3) is 0.429. The molecular weight excluding hydrogens is 280 g/mol. The van der Waals surface area contributed by atoms with E-state index in [1.807, 2.05) is 0 Å². The van der Waals surface area contributed by atoms with Crippen LogP contribution in [0.3, 0.4) is 0 Å². The third kappa shape index (κ3) is 3.98. The number of aliphatic imine (C=N–C) groups is 1. The number of hydrogen-bond acceptors (Lipinski definition) is 4. The van der Waals surface area contributed by atoms with Crippen LogP contribution in [0.15, 0.2) is 17.1 Å². The van der Waals surface area contributed by atoms with Crippen molar-refractivity contribution in [3.8, 4) is 0 Å². The summed E-state index contributed by atoms with van der Waals surface area (Å²) < 4.78 is 31.5. The predicted octanol–water partition coefficient (Wildman–Crippen LogP) is 1.47. The fourth-order valence-electron chi connectivity index (χ4n) is 2.07. The van der Waals surface area contributed by atoms with Crippen molar-refractivity contribution in [3.63, 3.8) is 0 Å². The first kappa shape index (κ1) is 15.4. The molecular formula is C14H17F2N3O2. The van der Waals surface area contributed by atoms with Crippen LogP contribution in [0.1, 0.15) is 12.5 Å². The Bertz CT molecular complexity index is 549. The summed E-state index contributed by atoms with van der Waals surface area (Å²) >= 11 is 0. The Morgan fingerprint density at radius 2 is 2.24 bits per heavy atom. The summed E-state index contributed by atoms with van der Waals surface area (Å²) in [6.07, 6.45) is 1.46. The Labute approximate surface area is 121 Å². The summed E-state index contributed by atoms with van der Waals surface area (Å²) in [5.74, 6) is -2.20. The van der Waals surface area contributed by atoms with Crippen LogP contribution in [-0.4, -0.2) is 38.5 Å². The zero-order chi connectivity index (χ0) is 15.2. The summed E-state index contributed by atoms with van der Waals surface area (Å²) in [5.41, 5.74) is 1.19. The minimum Gasteiger partial charge on any atom is -0.465 e. The Morgan fingerprint density at radius 1 is 1.48 bits per heavy atom. The first-order valence-corrected chi connectivity index (χ1v) is 6.72. The van der Waals surface area contributed by atoms with Crippen LogP contribution in [0.25, 0.3) is 0 Å². The van der Waals surface area contributed by atoms with Gasteiger partial charge in [-0.05, 0) is 18.6 Å². The van der Waals surface area contributed by atoms with E-state index in [4.69, 9.17) is 4.74 Å². The number of ether oxygens (including phenoxy) is 1. The molecule has 1 heterocycles. The summed E-state index contributed by atoms with van der Waals surface area (Å²) in [6.45, 7) is 3.56. The molecule has 0 radical (unpaired) electrons. The van der Waals surface area contributed by atoms with Crippen molar-refractivity contribution >= 4 is 18.0 Å². The molecule has 114 valence electrons. The van der Waals surface area contributed by atoms with Crippen molar-refractivity contribution in [3.05, 3.63) is 29.3 Å². The smallest absolute Gasteiger partial charge is 0.327 e. The van der Waals surface area contributed by atoms with Gasteiger partial charge in [0.15, 0.2) is 11.6 Å². The second-order valence-electron chi connectivity index (χ2n) is 4.53. The lowest BCUT2D eigenvalue weighted by Crippen LogP contribution is -2.28. The minimum absolute atomic E-state index is 0.100. The maximum Gasteiger partial charge on any atom is 0.327 e. The number of carbonyl (C=O) groups excluding carboxylic acids is 1. The zero-order valence-corrected chi connectivity index (χ0v) is 11.7. The van der Waals surface area contributed by atoms with Gasteiger partial charge in [0.05, 0.1) is 12.9 Å². The van der Waals surface area contributed by atoms with E-state index in [0.717, 1.165) is 6.07 Å². The van der Waals surface area contributed by atoms with E-state index in [1.165, 1.54) is 12.4 Å². The third-order valence-electron chi connectivity index (χ3n) is 3.02. The molecule has 1 N–H and O–H groups in total. The molecule has 0 aromatic heterocycles. The number of hydrogen-bond donors (Lipinski definition) is 1. The lowest BCUT2D eigenvalue weighted by Gasteiger charge is -2.19. The topological polar surface area (TPSA) is 53.9 Å². The van der Waals surface area contributed by atoms with Crippen LogP contribution in [-0.2, 0) is 16.1 Å². The second kappa shape index (κ2) is 7.12. The molecule has 0 saturated carbocycles. The molecule has 0 fully saturated rings. The van der Waals surface area contributed by atoms with Crippen LogP contribution in [0, 0.1) is 11.6 Å². The molecule has 0 bridgehead atoms. The van der Waals surface area contributed by atoms with Gasteiger partial charge in [-0.1, -0.05) is 0 Å². The van der Waals surface area contributed by atoms with Gasteiger partial charge in [-0.15, -0.1) is 0 Å². The molecule has 0 saturated heterocycles. The van der Waals surface area contributed by atoms with E-state index >= 15 is 0 Å². The van der Waals surface area contributed by atoms with Gasteiger partial charge in [-0.3, -0.25) is 9.79 Å². The lowest BCUT2D eigenvalue weighted by atomic mass is 10.1. The number of benzene rings is 1. The van der Waals surface area contributed by atoms with Crippen LogP contribution >= 0.6 is 0 Å². The highest BCUT2D eigenvalue weighted by atomic mass is 19.2. The van der Waals surface area contributed by atoms with Crippen molar-refractivity contribution in [2.75, 3.05) is 31.1 Å². The Balaban J connectivity index is 2.15. The maximum atomic E-state index is 13.4. The summed E-state index contributed by atoms with van der Waals surface area (Å²) in [5, 5.41) is 3.12. The van der Waals surface area contributed by atoms with E-state index in [2.05, 4.69) is 10.3 Å². The number of fused-ring (bicyclic) bond motifs is 1. The Hall–Kier alpha value is -2.02. The molecule has 1 aromatic rings. The minimum atomic E-state index is -0.903. The Morgan fingerprint density at radius 3 is 3.00 bits per heavy atom. The molecule has 1 aliphatic heterocycles.